The summed E-state index contributed by atoms with van der Waals surface area (Å²) in [5.74, 6) is -0.130. The van der Waals surface area contributed by atoms with Crippen LogP contribution in [0.3, 0.4) is 0 Å². The number of phenols is 1. The number of nitrogens with zero attached hydrogens (tertiary/aromatic N) is 3. The van der Waals surface area contributed by atoms with Crippen molar-refractivity contribution in [3.63, 3.8) is 0 Å². The number of carbonyl (C=O) groups is 1. The first kappa shape index (κ1) is 13.8. The Morgan fingerprint density at radius 3 is 2.82 bits per heavy atom. The van der Waals surface area contributed by atoms with Crippen LogP contribution in [-0.4, -0.2) is 25.8 Å². The second-order valence-corrected chi connectivity index (χ2v) is 4.75. The number of benzene rings is 2. The van der Waals surface area contributed by atoms with Crippen molar-refractivity contribution in [3.8, 4) is 5.75 Å². The van der Waals surface area contributed by atoms with Crippen LogP contribution < -0.4 is 5.32 Å². The molecule has 1 aromatic heterocycles. The van der Waals surface area contributed by atoms with Gasteiger partial charge in [-0.15, -0.1) is 0 Å². The molecule has 3 aromatic rings. The Labute approximate surface area is 127 Å². The van der Waals surface area contributed by atoms with Gasteiger partial charge in [0.05, 0.1) is 6.54 Å². The number of amides is 1. The van der Waals surface area contributed by atoms with Crippen molar-refractivity contribution in [2.75, 3.05) is 5.32 Å². The van der Waals surface area contributed by atoms with Crippen LogP contribution in [0.5, 0.6) is 5.75 Å². The molecule has 0 aliphatic rings. The van der Waals surface area contributed by atoms with E-state index in [2.05, 4.69) is 15.4 Å². The summed E-state index contributed by atoms with van der Waals surface area (Å²) in [5.41, 5.74) is 1.94. The first-order valence-corrected chi connectivity index (χ1v) is 6.73. The number of phenolic OH excluding ortho intramolecular Hbond substituents is 1. The van der Waals surface area contributed by atoms with Crippen molar-refractivity contribution in [1.82, 2.24) is 14.8 Å². The van der Waals surface area contributed by atoms with Crippen molar-refractivity contribution >= 4 is 11.6 Å². The number of anilines is 1. The van der Waals surface area contributed by atoms with Gasteiger partial charge < -0.3 is 10.4 Å². The summed E-state index contributed by atoms with van der Waals surface area (Å²) in [6.45, 7) is 0.462. The zero-order valence-electron chi connectivity index (χ0n) is 11.7. The van der Waals surface area contributed by atoms with E-state index in [-0.39, 0.29) is 11.7 Å². The summed E-state index contributed by atoms with van der Waals surface area (Å²) in [6.07, 6.45) is 3.05. The summed E-state index contributed by atoms with van der Waals surface area (Å²) in [5, 5.41) is 16.3. The summed E-state index contributed by atoms with van der Waals surface area (Å²) >= 11 is 0. The zero-order valence-corrected chi connectivity index (χ0v) is 11.7. The van der Waals surface area contributed by atoms with Gasteiger partial charge in [0.1, 0.15) is 18.4 Å². The molecule has 0 fully saturated rings. The SMILES string of the molecule is O=C(Nc1cccc(O)c1)c1ccccc1Cn1cncn1. The summed E-state index contributed by atoms with van der Waals surface area (Å²) in [4.78, 5) is 16.3. The third-order valence-electron chi connectivity index (χ3n) is 3.16. The van der Waals surface area contributed by atoms with Crippen molar-refractivity contribution in [3.05, 3.63) is 72.3 Å². The Kier molecular flexibility index (Phi) is 3.82. The molecule has 0 saturated heterocycles. The lowest BCUT2D eigenvalue weighted by atomic mass is 10.1. The molecule has 0 radical (unpaired) electrons. The van der Waals surface area contributed by atoms with Gasteiger partial charge in [0.25, 0.3) is 5.91 Å². The van der Waals surface area contributed by atoms with E-state index in [9.17, 15) is 9.90 Å². The van der Waals surface area contributed by atoms with Gasteiger partial charge in [-0.25, -0.2) is 9.67 Å². The minimum absolute atomic E-state index is 0.105. The van der Waals surface area contributed by atoms with Crippen LogP contribution in [0.25, 0.3) is 0 Å². The van der Waals surface area contributed by atoms with Gasteiger partial charge in [-0.05, 0) is 23.8 Å². The zero-order chi connectivity index (χ0) is 15.4. The number of aromatic nitrogens is 3. The van der Waals surface area contributed by atoms with Gasteiger partial charge in [0.15, 0.2) is 0 Å². The summed E-state index contributed by atoms with van der Waals surface area (Å²) in [7, 11) is 0. The molecule has 0 aliphatic carbocycles. The van der Waals surface area contributed by atoms with Gasteiger partial charge in [-0.2, -0.15) is 5.10 Å². The summed E-state index contributed by atoms with van der Waals surface area (Å²) in [6, 6.07) is 13.7. The fourth-order valence-electron chi connectivity index (χ4n) is 2.15. The van der Waals surface area contributed by atoms with Crippen LogP contribution in [0.1, 0.15) is 15.9 Å². The van der Waals surface area contributed by atoms with Crippen LogP contribution in [0.2, 0.25) is 0 Å². The minimum Gasteiger partial charge on any atom is -0.508 e. The fourth-order valence-corrected chi connectivity index (χ4v) is 2.15. The Balaban J connectivity index is 1.83. The number of hydrogen-bond acceptors (Lipinski definition) is 4. The predicted octanol–water partition coefficient (Wildman–Crippen LogP) is 2.28. The van der Waals surface area contributed by atoms with E-state index >= 15 is 0 Å². The molecule has 0 unspecified atom stereocenters. The molecular formula is C16H14N4O2. The van der Waals surface area contributed by atoms with Crippen LogP contribution in [0.15, 0.2) is 61.2 Å². The van der Waals surface area contributed by atoms with Crippen molar-refractivity contribution < 1.29 is 9.90 Å². The van der Waals surface area contributed by atoms with Gasteiger partial charge in [0, 0.05) is 17.3 Å². The molecule has 2 aromatic carbocycles. The van der Waals surface area contributed by atoms with E-state index in [1.165, 1.54) is 12.4 Å². The average molecular weight is 294 g/mol. The maximum atomic E-state index is 12.4. The molecule has 0 spiro atoms. The van der Waals surface area contributed by atoms with Crippen LogP contribution >= 0.6 is 0 Å². The Morgan fingerprint density at radius 2 is 2.05 bits per heavy atom. The fraction of sp³-hybridized carbons (Fsp3) is 0.0625. The molecule has 6 nitrogen and oxygen atoms in total. The Hall–Kier alpha value is -3.15. The monoisotopic (exact) mass is 294 g/mol. The normalized spacial score (nSPS) is 10.4. The molecular weight excluding hydrogens is 280 g/mol. The Morgan fingerprint density at radius 1 is 1.18 bits per heavy atom. The minimum atomic E-state index is -0.235. The molecule has 3 rings (SSSR count). The molecule has 1 amide bonds. The molecule has 2 N–H and O–H groups in total. The van der Waals surface area contributed by atoms with E-state index in [4.69, 9.17) is 0 Å². The van der Waals surface area contributed by atoms with Crippen molar-refractivity contribution in [1.29, 1.82) is 0 Å². The molecule has 110 valence electrons. The van der Waals surface area contributed by atoms with E-state index < -0.39 is 0 Å². The standard InChI is InChI=1S/C16H14N4O2/c21-14-6-3-5-13(8-14)19-16(22)15-7-2-1-4-12(15)9-20-11-17-10-18-20/h1-8,10-11,21H,9H2,(H,19,22). The molecule has 0 saturated carbocycles. The third kappa shape index (κ3) is 3.12. The largest absolute Gasteiger partial charge is 0.508 e. The molecule has 22 heavy (non-hydrogen) atoms. The predicted molar refractivity (Wildman–Crippen MR) is 81.6 cm³/mol. The molecule has 1 heterocycles. The van der Waals surface area contributed by atoms with Gasteiger partial charge in [0.2, 0.25) is 0 Å². The molecule has 0 bridgehead atoms. The first-order valence-electron chi connectivity index (χ1n) is 6.73. The second-order valence-electron chi connectivity index (χ2n) is 4.75. The Bertz CT molecular complexity index is 784. The van der Waals surface area contributed by atoms with Gasteiger partial charge in [-0.1, -0.05) is 24.3 Å². The van der Waals surface area contributed by atoms with Crippen molar-refractivity contribution in [2.24, 2.45) is 0 Å². The van der Waals surface area contributed by atoms with E-state index in [0.717, 1.165) is 5.56 Å². The lowest BCUT2D eigenvalue weighted by Crippen LogP contribution is -2.15. The number of nitrogens with one attached hydrogen (secondary N) is 1. The van der Waals surface area contributed by atoms with E-state index in [1.807, 2.05) is 18.2 Å². The smallest absolute Gasteiger partial charge is 0.256 e. The van der Waals surface area contributed by atoms with Crippen LogP contribution in [0.4, 0.5) is 5.69 Å². The van der Waals surface area contributed by atoms with Crippen LogP contribution in [-0.2, 0) is 6.54 Å². The van der Waals surface area contributed by atoms with Crippen molar-refractivity contribution in [2.45, 2.75) is 6.54 Å². The van der Waals surface area contributed by atoms with E-state index in [0.29, 0.717) is 17.8 Å². The maximum Gasteiger partial charge on any atom is 0.256 e. The number of rotatable bonds is 4. The maximum absolute atomic E-state index is 12.4. The quantitative estimate of drug-likeness (QED) is 0.773. The third-order valence-corrected chi connectivity index (χ3v) is 3.16. The van der Waals surface area contributed by atoms with Crippen LogP contribution in [0, 0.1) is 0 Å². The second kappa shape index (κ2) is 6.09. The number of carbonyl (C=O) groups excluding carboxylic acids is 1. The molecule has 0 atom stereocenters. The molecule has 0 aliphatic heterocycles. The lowest BCUT2D eigenvalue weighted by Gasteiger charge is -2.10. The topological polar surface area (TPSA) is 80.0 Å². The highest BCUT2D eigenvalue weighted by atomic mass is 16.3. The number of aromatic hydroxyl groups is 1. The van der Waals surface area contributed by atoms with Gasteiger partial charge >= 0.3 is 0 Å². The first-order chi connectivity index (χ1) is 10.7. The highest BCUT2D eigenvalue weighted by Crippen LogP contribution is 2.18. The highest BCUT2D eigenvalue weighted by Gasteiger charge is 2.12. The van der Waals surface area contributed by atoms with E-state index in [1.54, 1.807) is 35.3 Å². The highest BCUT2D eigenvalue weighted by molar-refractivity contribution is 6.05. The molecule has 6 heteroatoms. The average Bonchev–Trinajstić information content (AvgIpc) is 3.01. The lowest BCUT2D eigenvalue weighted by molar-refractivity contribution is 0.102. The number of hydrogen-bond donors (Lipinski definition) is 2. The van der Waals surface area contributed by atoms with Gasteiger partial charge in [-0.3, -0.25) is 4.79 Å². The summed E-state index contributed by atoms with van der Waals surface area (Å²) < 4.78 is 1.65.